The minimum atomic E-state index is -4.65. The quantitative estimate of drug-likeness (QED) is 0.750. The van der Waals surface area contributed by atoms with Crippen LogP contribution in [0, 0.1) is 0 Å². The van der Waals surface area contributed by atoms with Gasteiger partial charge in [-0.05, 0) is 42.0 Å². The molecule has 0 aliphatic rings. The Hall–Kier alpha value is -2.74. The third-order valence-electron chi connectivity index (χ3n) is 3.66. The first-order valence-electron chi connectivity index (χ1n) is 6.99. The molecular weight excluding hydrogens is 359 g/mol. The highest BCUT2D eigenvalue weighted by atomic mass is 35.5. The van der Waals surface area contributed by atoms with Crippen LogP contribution in [0.1, 0.15) is 5.56 Å². The van der Waals surface area contributed by atoms with Crippen molar-refractivity contribution >= 4 is 11.6 Å². The SMILES string of the molecule is Cn1ncn(-c2ccc(C(F)(F)F)c(-c3cc(Cl)ccc3O)c2)c1=O. The maximum atomic E-state index is 13.4. The summed E-state index contributed by atoms with van der Waals surface area (Å²) in [5.74, 6) is -0.356. The molecule has 1 heterocycles. The lowest BCUT2D eigenvalue weighted by atomic mass is 9.97. The molecule has 0 unspecified atom stereocenters. The average molecular weight is 370 g/mol. The molecule has 0 spiro atoms. The Morgan fingerprint density at radius 2 is 1.84 bits per heavy atom. The highest BCUT2D eigenvalue weighted by Crippen LogP contribution is 2.41. The smallest absolute Gasteiger partial charge is 0.417 e. The average Bonchev–Trinajstić information content (AvgIpc) is 2.88. The number of halogens is 4. The Bertz CT molecular complexity index is 1010. The molecule has 25 heavy (non-hydrogen) atoms. The van der Waals surface area contributed by atoms with Gasteiger partial charge in [-0.2, -0.15) is 18.3 Å². The largest absolute Gasteiger partial charge is 0.507 e. The molecule has 0 amide bonds. The number of hydrogen-bond donors (Lipinski definition) is 1. The zero-order valence-corrected chi connectivity index (χ0v) is 13.5. The minimum Gasteiger partial charge on any atom is -0.507 e. The van der Waals surface area contributed by atoms with E-state index in [1.54, 1.807) is 0 Å². The molecule has 3 aromatic rings. The summed E-state index contributed by atoms with van der Waals surface area (Å²) in [4.78, 5) is 12.0. The van der Waals surface area contributed by atoms with Crippen molar-refractivity contribution < 1.29 is 18.3 Å². The van der Waals surface area contributed by atoms with Gasteiger partial charge in [0.25, 0.3) is 0 Å². The summed E-state index contributed by atoms with van der Waals surface area (Å²) in [5, 5.41) is 13.9. The molecule has 0 atom stereocenters. The van der Waals surface area contributed by atoms with E-state index in [1.807, 2.05) is 0 Å². The van der Waals surface area contributed by atoms with Gasteiger partial charge < -0.3 is 5.11 Å². The number of aryl methyl sites for hydroxylation is 1. The van der Waals surface area contributed by atoms with Crippen LogP contribution in [0.25, 0.3) is 16.8 Å². The molecule has 0 bridgehead atoms. The molecule has 1 aromatic heterocycles. The third kappa shape index (κ3) is 3.12. The fourth-order valence-electron chi connectivity index (χ4n) is 2.44. The van der Waals surface area contributed by atoms with E-state index in [9.17, 15) is 23.1 Å². The zero-order valence-electron chi connectivity index (χ0n) is 12.8. The minimum absolute atomic E-state index is 0.0846. The Kier molecular flexibility index (Phi) is 4.08. The maximum Gasteiger partial charge on any atom is 0.417 e. The molecule has 0 aliphatic carbocycles. The van der Waals surface area contributed by atoms with Crippen LogP contribution in [0.3, 0.4) is 0 Å². The molecule has 0 saturated carbocycles. The molecule has 3 rings (SSSR count). The molecule has 9 heteroatoms. The number of nitrogens with zero attached hydrogens (tertiary/aromatic N) is 3. The second-order valence-electron chi connectivity index (χ2n) is 5.30. The normalized spacial score (nSPS) is 11.7. The van der Waals surface area contributed by atoms with Gasteiger partial charge in [-0.3, -0.25) is 0 Å². The first kappa shape index (κ1) is 17.1. The third-order valence-corrected chi connectivity index (χ3v) is 3.89. The number of hydrogen-bond acceptors (Lipinski definition) is 3. The summed E-state index contributed by atoms with van der Waals surface area (Å²) in [6.45, 7) is 0. The van der Waals surface area contributed by atoms with Crippen LogP contribution in [0.15, 0.2) is 47.5 Å². The van der Waals surface area contributed by atoms with Gasteiger partial charge in [0.05, 0.1) is 11.3 Å². The lowest BCUT2D eigenvalue weighted by Gasteiger charge is -2.16. The van der Waals surface area contributed by atoms with Crippen molar-refractivity contribution in [1.29, 1.82) is 0 Å². The van der Waals surface area contributed by atoms with Gasteiger partial charge in [0, 0.05) is 17.6 Å². The van der Waals surface area contributed by atoms with Crippen molar-refractivity contribution in [2.24, 2.45) is 7.05 Å². The van der Waals surface area contributed by atoms with Gasteiger partial charge in [0.15, 0.2) is 0 Å². The Balaban J connectivity index is 2.30. The zero-order chi connectivity index (χ0) is 18.4. The lowest BCUT2D eigenvalue weighted by molar-refractivity contribution is -0.137. The van der Waals surface area contributed by atoms with Gasteiger partial charge >= 0.3 is 11.9 Å². The highest BCUT2D eigenvalue weighted by molar-refractivity contribution is 6.31. The predicted octanol–water partition coefficient (Wildman–Crippen LogP) is 3.62. The number of phenolic OH excluding ortho intramolecular Hbond substituents is 1. The number of benzene rings is 2. The monoisotopic (exact) mass is 369 g/mol. The van der Waals surface area contributed by atoms with Gasteiger partial charge in [0.2, 0.25) is 0 Å². The van der Waals surface area contributed by atoms with Crippen LogP contribution in [0.2, 0.25) is 5.02 Å². The van der Waals surface area contributed by atoms with E-state index in [-0.39, 0.29) is 27.6 Å². The molecule has 0 aliphatic heterocycles. The summed E-state index contributed by atoms with van der Waals surface area (Å²) in [5.41, 5.74) is -1.66. The standard InChI is InChI=1S/C16H11ClF3N3O2/c1-22-15(25)23(8-21-22)10-3-4-13(16(18,19)20)11(7-10)12-6-9(17)2-5-14(12)24/h2-8,24H,1H3. The summed E-state index contributed by atoms with van der Waals surface area (Å²) in [7, 11) is 1.42. The second kappa shape index (κ2) is 5.96. The lowest BCUT2D eigenvalue weighted by Crippen LogP contribution is -2.21. The number of aromatic hydroxyl groups is 1. The van der Waals surface area contributed by atoms with E-state index in [4.69, 9.17) is 11.6 Å². The molecule has 1 N–H and O–H groups in total. The van der Waals surface area contributed by atoms with Crippen molar-refractivity contribution in [3.63, 3.8) is 0 Å². The molecule has 0 fully saturated rings. The van der Waals surface area contributed by atoms with Crippen molar-refractivity contribution in [1.82, 2.24) is 14.3 Å². The number of aromatic nitrogens is 3. The van der Waals surface area contributed by atoms with E-state index < -0.39 is 17.4 Å². The predicted molar refractivity (Wildman–Crippen MR) is 85.9 cm³/mol. The van der Waals surface area contributed by atoms with Gasteiger partial charge in [-0.15, -0.1) is 0 Å². The van der Waals surface area contributed by atoms with E-state index in [2.05, 4.69) is 5.10 Å². The second-order valence-corrected chi connectivity index (χ2v) is 5.73. The summed E-state index contributed by atoms with van der Waals surface area (Å²) < 4.78 is 42.3. The fourth-order valence-corrected chi connectivity index (χ4v) is 2.61. The van der Waals surface area contributed by atoms with Crippen LogP contribution in [-0.2, 0) is 13.2 Å². The highest BCUT2D eigenvalue weighted by Gasteiger charge is 2.34. The molecule has 5 nitrogen and oxygen atoms in total. The first-order chi connectivity index (χ1) is 11.7. The fraction of sp³-hybridized carbons (Fsp3) is 0.125. The van der Waals surface area contributed by atoms with Gasteiger partial charge in [-0.1, -0.05) is 11.6 Å². The molecule has 2 aromatic carbocycles. The maximum absolute atomic E-state index is 13.4. The Labute approximate surface area is 144 Å². The van der Waals surface area contributed by atoms with Crippen molar-refractivity contribution in [2.75, 3.05) is 0 Å². The Morgan fingerprint density at radius 1 is 1.12 bits per heavy atom. The van der Waals surface area contributed by atoms with E-state index in [0.29, 0.717) is 0 Å². The topological polar surface area (TPSA) is 60.1 Å². The van der Waals surface area contributed by atoms with Crippen LogP contribution in [-0.4, -0.2) is 19.5 Å². The molecule has 0 saturated heterocycles. The summed E-state index contributed by atoms with van der Waals surface area (Å²) in [6.07, 6.45) is -3.45. The van der Waals surface area contributed by atoms with Crippen LogP contribution in [0.5, 0.6) is 5.75 Å². The number of rotatable bonds is 2. The van der Waals surface area contributed by atoms with Crippen LogP contribution in [0.4, 0.5) is 13.2 Å². The number of alkyl halides is 3. The summed E-state index contributed by atoms with van der Waals surface area (Å²) in [6, 6.07) is 6.99. The molecule has 130 valence electrons. The number of phenols is 1. The molecule has 0 radical (unpaired) electrons. The van der Waals surface area contributed by atoms with Crippen molar-refractivity contribution in [3.05, 3.63) is 63.8 Å². The first-order valence-corrected chi connectivity index (χ1v) is 7.37. The Morgan fingerprint density at radius 3 is 2.44 bits per heavy atom. The molecular formula is C16H11ClF3N3O2. The van der Waals surface area contributed by atoms with Gasteiger partial charge in [0.1, 0.15) is 12.1 Å². The van der Waals surface area contributed by atoms with Gasteiger partial charge in [-0.25, -0.2) is 14.0 Å². The van der Waals surface area contributed by atoms with E-state index in [0.717, 1.165) is 27.4 Å². The van der Waals surface area contributed by atoms with Crippen LogP contribution >= 0.6 is 11.6 Å². The van der Waals surface area contributed by atoms with Crippen molar-refractivity contribution in [2.45, 2.75) is 6.18 Å². The summed E-state index contributed by atoms with van der Waals surface area (Å²) >= 11 is 5.86. The van der Waals surface area contributed by atoms with Crippen LogP contribution < -0.4 is 5.69 Å². The van der Waals surface area contributed by atoms with E-state index >= 15 is 0 Å². The van der Waals surface area contributed by atoms with E-state index in [1.165, 1.54) is 31.6 Å². The van der Waals surface area contributed by atoms with Crippen molar-refractivity contribution in [3.8, 4) is 22.6 Å².